The third-order valence-electron chi connectivity index (χ3n) is 3.04. The van der Waals surface area contributed by atoms with Gasteiger partial charge >= 0.3 is 0 Å². The average Bonchev–Trinajstić information content (AvgIpc) is 2.42. The normalized spacial score (nSPS) is 10.7. The molecule has 0 aliphatic heterocycles. The van der Waals surface area contributed by atoms with Gasteiger partial charge in [-0.05, 0) is 58.7 Å². The number of aromatic nitrogens is 2. The second-order valence-corrected chi connectivity index (χ2v) is 5.46. The Bertz CT molecular complexity index is 786. The third-order valence-corrected chi connectivity index (χ3v) is 3.69. The topological polar surface area (TPSA) is 63.8 Å². The summed E-state index contributed by atoms with van der Waals surface area (Å²) in [6.07, 6.45) is 1.54. The lowest BCUT2D eigenvalue weighted by molar-refractivity contribution is 1.22. The molecule has 3 rings (SSSR count). The molecule has 3 aromatic rings. The van der Waals surface area contributed by atoms with Gasteiger partial charge in [0, 0.05) is 15.5 Å². The van der Waals surface area contributed by atoms with E-state index in [1.165, 1.54) is 5.56 Å². The van der Waals surface area contributed by atoms with E-state index >= 15 is 0 Å². The fourth-order valence-corrected chi connectivity index (χ4v) is 2.62. The maximum atomic E-state index is 5.84. The molecule has 0 amide bonds. The van der Waals surface area contributed by atoms with E-state index in [4.69, 9.17) is 5.73 Å². The summed E-state index contributed by atoms with van der Waals surface area (Å²) in [6, 6.07) is 11.7. The smallest absolute Gasteiger partial charge is 0.141 e. The number of anilines is 3. The number of rotatable bonds is 2. The van der Waals surface area contributed by atoms with Crippen molar-refractivity contribution in [1.82, 2.24) is 9.97 Å². The van der Waals surface area contributed by atoms with E-state index in [0.717, 1.165) is 26.9 Å². The van der Waals surface area contributed by atoms with E-state index in [1.54, 1.807) is 6.33 Å². The molecule has 1 heterocycles. The number of nitrogen functional groups attached to an aromatic ring is 1. The number of hydrogen-bond donors (Lipinski definition) is 2. The Kier molecular flexibility index (Phi) is 3.28. The molecule has 2 aromatic carbocycles. The van der Waals surface area contributed by atoms with Crippen LogP contribution in [0.2, 0.25) is 0 Å². The first kappa shape index (κ1) is 12.9. The van der Waals surface area contributed by atoms with E-state index in [0.29, 0.717) is 5.69 Å². The van der Waals surface area contributed by atoms with Gasteiger partial charge in [0.1, 0.15) is 12.1 Å². The van der Waals surface area contributed by atoms with Crippen molar-refractivity contribution in [2.75, 3.05) is 11.1 Å². The van der Waals surface area contributed by atoms with Crippen LogP contribution in [0.15, 0.2) is 47.2 Å². The molecule has 3 N–H and O–H groups in total. The summed E-state index contributed by atoms with van der Waals surface area (Å²) in [5, 5.41) is 4.22. The Morgan fingerprint density at radius 1 is 1.10 bits per heavy atom. The Morgan fingerprint density at radius 3 is 2.75 bits per heavy atom. The molecule has 0 aliphatic carbocycles. The van der Waals surface area contributed by atoms with Gasteiger partial charge < -0.3 is 11.1 Å². The highest BCUT2D eigenvalue weighted by atomic mass is 79.9. The zero-order valence-electron chi connectivity index (χ0n) is 10.9. The van der Waals surface area contributed by atoms with Gasteiger partial charge in [0.25, 0.3) is 0 Å². The monoisotopic (exact) mass is 328 g/mol. The van der Waals surface area contributed by atoms with Gasteiger partial charge in [-0.15, -0.1) is 0 Å². The molecule has 0 atom stereocenters. The van der Waals surface area contributed by atoms with Gasteiger partial charge in [-0.1, -0.05) is 6.07 Å². The maximum absolute atomic E-state index is 5.84. The Morgan fingerprint density at radius 2 is 1.95 bits per heavy atom. The second-order valence-electron chi connectivity index (χ2n) is 4.61. The number of benzene rings is 2. The number of nitrogens with two attached hydrogens (primary N) is 1. The van der Waals surface area contributed by atoms with Crippen LogP contribution in [-0.2, 0) is 0 Å². The quantitative estimate of drug-likeness (QED) is 0.697. The molecule has 0 unspecified atom stereocenters. The lowest BCUT2D eigenvalue weighted by Crippen LogP contribution is -1.97. The summed E-state index contributed by atoms with van der Waals surface area (Å²) in [7, 11) is 0. The van der Waals surface area contributed by atoms with Crippen LogP contribution < -0.4 is 11.1 Å². The molecular weight excluding hydrogens is 316 g/mol. The van der Waals surface area contributed by atoms with Crippen LogP contribution in [0.5, 0.6) is 0 Å². The summed E-state index contributed by atoms with van der Waals surface area (Å²) in [5.41, 5.74) is 9.55. The maximum Gasteiger partial charge on any atom is 0.141 e. The predicted molar refractivity (Wildman–Crippen MR) is 86.1 cm³/mol. The first-order valence-corrected chi connectivity index (χ1v) is 6.96. The summed E-state index contributed by atoms with van der Waals surface area (Å²) in [5.74, 6) is 0.742. The summed E-state index contributed by atoms with van der Waals surface area (Å²) < 4.78 is 0.994. The zero-order valence-corrected chi connectivity index (χ0v) is 12.5. The molecule has 1 aromatic heterocycles. The number of fused-ring (bicyclic) bond motifs is 1. The van der Waals surface area contributed by atoms with Crippen molar-refractivity contribution in [3.63, 3.8) is 0 Å². The molecule has 0 aliphatic rings. The molecule has 100 valence electrons. The Hall–Kier alpha value is -2.14. The van der Waals surface area contributed by atoms with Crippen molar-refractivity contribution >= 4 is 44.0 Å². The standard InChI is InChI=1S/C15H13BrN4/c1-9-2-4-14(12(16)6-9)20-15-11-7-10(17)3-5-13(11)18-8-19-15/h2-8H,17H2,1H3,(H,18,19,20). The number of nitrogens with zero attached hydrogens (tertiary/aromatic N) is 2. The first-order chi connectivity index (χ1) is 9.63. The zero-order chi connectivity index (χ0) is 14.1. The van der Waals surface area contributed by atoms with E-state index < -0.39 is 0 Å². The van der Waals surface area contributed by atoms with Gasteiger partial charge in [-0.2, -0.15) is 0 Å². The number of aryl methyl sites for hydroxylation is 1. The van der Waals surface area contributed by atoms with Crippen molar-refractivity contribution in [3.05, 3.63) is 52.8 Å². The minimum Gasteiger partial charge on any atom is -0.399 e. The Labute approximate surface area is 125 Å². The largest absolute Gasteiger partial charge is 0.399 e. The fourth-order valence-electron chi connectivity index (χ4n) is 2.02. The lowest BCUT2D eigenvalue weighted by atomic mass is 10.2. The summed E-state index contributed by atoms with van der Waals surface area (Å²) in [6.45, 7) is 2.05. The van der Waals surface area contributed by atoms with E-state index in [2.05, 4.69) is 44.2 Å². The van der Waals surface area contributed by atoms with Crippen molar-refractivity contribution < 1.29 is 0 Å². The number of halogens is 1. The highest BCUT2D eigenvalue weighted by molar-refractivity contribution is 9.10. The minimum absolute atomic E-state index is 0.693. The van der Waals surface area contributed by atoms with Crippen LogP contribution in [0, 0.1) is 6.92 Å². The lowest BCUT2D eigenvalue weighted by Gasteiger charge is -2.10. The highest BCUT2D eigenvalue weighted by Gasteiger charge is 2.06. The molecule has 4 nitrogen and oxygen atoms in total. The molecule has 0 saturated heterocycles. The molecule has 0 saturated carbocycles. The van der Waals surface area contributed by atoms with Gasteiger partial charge in [0.15, 0.2) is 0 Å². The average molecular weight is 329 g/mol. The molecule has 0 radical (unpaired) electrons. The van der Waals surface area contributed by atoms with Gasteiger partial charge in [-0.3, -0.25) is 0 Å². The van der Waals surface area contributed by atoms with E-state index in [1.807, 2.05) is 30.3 Å². The number of nitrogens with one attached hydrogen (secondary N) is 1. The molecule has 0 spiro atoms. The van der Waals surface area contributed by atoms with Crippen LogP contribution in [-0.4, -0.2) is 9.97 Å². The van der Waals surface area contributed by atoms with Gasteiger partial charge in [0.05, 0.1) is 11.2 Å². The predicted octanol–water partition coefficient (Wildman–Crippen LogP) is 4.03. The van der Waals surface area contributed by atoms with Crippen molar-refractivity contribution in [3.8, 4) is 0 Å². The fraction of sp³-hybridized carbons (Fsp3) is 0.0667. The van der Waals surface area contributed by atoms with E-state index in [-0.39, 0.29) is 0 Å². The van der Waals surface area contributed by atoms with Gasteiger partial charge in [-0.25, -0.2) is 9.97 Å². The molecule has 20 heavy (non-hydrogen) atoms. The minimum atomic E-state index is 0.693. The highest BCUT2D eigenvalue weighted by Crippen LogP contribution is 2.29. The Balaban J connectivity index is 2.08. The van der Waals surface area contributed by atoms with Crippen molar-refractivity contribution in [2.45, 2.75) is 6.92 Å². The second kappa shape index (κ2) is 5.09. The van der Waals surface area contributed by atoms with Crippen molar-refractivity contribution in [2.24, 2.45) is 0 Å². The van der Waals surface area contributed by atoms with E-state index in [9.17, 15) is 0 Å². The SMILES string of the molecule is Cc1ccc(Nc2ncnc3ccc(N)cc23)c(Br)c1. The van der Waals surface area contributed by atoms with Crippen LogP contribution >= 0.6 is 15.9 Å². The number of hydrogen-bond acceptors (Lipinski definition) is 4. The third kappa shape index (κ3) is 2.44. The van der Waals surface area contributed by atoms with Crippen LogP contribution in [0.1, 0.15) is 5.56 Å². The van der Waals surface area contributed by atoms with Crippen LogP contribution in [0.3, 0.4) is 0 Å². The first-order valence-electron chi connectivity index (χ1n) is 6.17. The van der Waals surface area contributed by atoms with Crippen LogP contribution in [0.25, 0.3) is 10.9 Å². The summed E-state index contributed by atoms with van der Waals surface area (Å²) in [4.78, 5) is 8.55. The molecule has 0 fully saturated rings. The molecule has 5 heteroatoms. The molecule has 0 bridgehead atoms. The molecular formula is C15H13BrN4. The summed E-state index contributed by atoms with van der Waals surface area (Å²) >= 11 is 3.55. The van der Waals surface area contributed by atoms with Crippen molar-refractivity contribution in [1.29, 1.82) is 0 Å². The van der Waals surface area contributed by atoms with Crippen LogP contribution in [0.4, 0.5) is 17.2 Å². The van der Waals surface area contributed by atoms with Gasteiger partial charge in [0.2, 0.25) is 0 Å².